The Bertz CT molecular complexity index is 610. The molecule has 106 valence electrons. The standard InChI is InChI=1S/C14H16BrN3O2/c1-18-12(5-7-17-18)4-6-16-9-11-3-2-10(14(19)20)8-13(11)15/h2-3,5,7-8,16H,4,6,9H2,1H3,(H,19,20). The highest BCUT2D eigenvalue weighted by molar-refractivity contribution is 9.10. The fourth-order valence-electron chi connectivity index (χ4n) is 1.91. The second kappa shape index (κ2) is 6.67. The molecule has 0 amide bonds. The maximum absolute atomic E-state index is 10.8. The lowest BCUT2D eigenvalue weighted by molar-refractivity contribution is 0.0697. The van der Waals surface area contributed by atoms with E-state index in [9.17, 15) is 4.79 Å². The van der Waals surface area contributed by atoms with Crippen molar-refractivity contribution < 1.29 is 9.90 Å². The summed E-state index contributed by atoms with van der Waals surface area (Å²) in [4.78, 5) is 10.8. The van der Waals surface area contributed by atoms with Gasteiger partial charge in [0.15, 0.2) is 0 Å². The van der Waals surface area contributed by atoms with Crippen LogP contribution in [-0.4, -0.2) is 27.4 Å². The Hall–Kier alpha value is -1.66. The van der Waals surface area contributed by atoms with Gasteiger partial charge in [-0.2, -0.15) is 5.10 Å². The van der Waals surface area contributed by atoms with Crippen LogP contribution in [0.15, 0.2) is 34.9 Å². The van der Waals surface area contributed by atoms with Crippen molar-refractivity contribution in [3.05, 3.63) is 51.8 Å². The van der Waals surface area contributed by atoms with Gasteiger partial charge in [0.25, 0.3) is 0 Å². The highest BCUT2D eigenvalue weighted by Gasteiger charge is 2.06. The molecule has 2 rings (SSSR count). The highest BCUT2D eigenvalue weighted by atomic mass is 79.9. The van der Waals surface area contributed by atoms with Gasteiger partial charge in [0.1, 0.15) is 0 Å². The van der Waals surface area contributed by atoms with E-state index in [0.29, 0.717) is 6.54 Å². The van der Waals surface area contributed by atoms with Crippen LogP contribution in [0.25, 0.3) is 0 Å². The Morgan fingerprint density at radius 2 is 2.25 bits per heavy atom. The number of hydrogen-bond acceptors (Lipinski definition) is 3. The Morgan fingerprint density at radius 3 is 2.85 bits per heavy atom. The second-order valence-electron chi connectivity index (χ2n) is 4.48. The van der Waals surface area contributed by atoms with Gasteiger partial charge in [-0.25, -0.2) is 4.79 Å². The molecule has 2 aromatic rings. The van der Waals surface area contributed by atoms with Crippen molar-refractivity contribution in [2.75, 3.05) is 6.54 Å². The molecule has 6 heteroatoms. The van der Waals surface area contributed by atoms with Crippen molar-refractivity contribution in [1.82, 2.24) is 15.1 Å². The molecule has 1 heterocycles. The van der Waals surface area contributed by atoms with E-state index < -0.39 is 5.97 Å². The monoisotopic (exact) mass is 337 g/mol. The van der Waals surface area contributed by atoms with Gasteiger partial charge >= 0.3 is 5.97 Å². The summed E-state index contributed by atoms with van der Waals surface area (Å²) >= 11 is 3.40. The van der Waals surface area contributed by atoms with E-state index in [4.69, 9.17) is 5.11 Å². The number of halogens is 1. The third-order valence-electron chi connectivity index (χ3n) is 3.10. The SMILES string of the molecule is Cn1nccc1CCNCc1ccc(C(=O)O)cc1Br. The average Bonchev–Trinajstić information content (AvgIpc) is 2.81. The maximum Gasteiger partial charge on any atom is 0.335 e. The van der Waals surface area contributed by atoms with E-state index >= 15 is 0 Å². The molecule has 0 atom stereocenters. The van der Waals surface area contributed by atoms with Gasteiger partial charge in [0.2, 0.25) is 0 Å². The predicted molar refractivity (Wildman–Crippen MR) is 79.7 cm³/mol. The summed E-state index contributed by atoms with van der Waals surface area (Å²) in [6, 6.07) is 7.07. The molecule has 0 fully saturated rings. The summed E-state index contributed by atoms with van der Waals surface area (Å²) in [5.74, 6) is -0.915. The number of aromatic carboxylic acids is 1. The molecule has 0 saturated heterocycles. The highest BCUT2D eigenvalue weighted by Crippen LogP contribution is 2.18. The topological polar surface area (TPSA) is 67.2 Å². The van der Waals surface area contributed by atoms with Gasteiger partial charge in [-0.15, -0.1) is 0 Å². The van der Waals surface area contributed by atoms with Crippen LogP contribution in [0.1, 0.15) is 21.6 Å². The van der Waals surface area contributed by atoms with E-state index in [2.05, 4.69) is 26.3 Å². The lowest BCUT2D eigenvalue weighted by atomic mass is 10.1. The minimum Gasteiger partial charge on any atom is -0.478 e. The second-order valence-corrected chi connectivity index (χ2v) is 5.34. The lowest BCUT2D eigenvalue weighted by Gasteiger charge is -2.08. The number of aromatic nitrogens is 2. The number of aryl methyl sites for hydroxylation is 1. The van der Waals surface area contributed by atoms with Crippen LogP contribution in [0, 0.1) is 0 Å². The van der Waals surface area contributed by atoms with E-state index in [1.54, 1.807) is 18.3 Å². The number of carboxylic acid groups (broad SMARTS) is 1. The molecule has 0 aliphatic rings. The van der Waals surface area contributed by atoms with Crippen molar-refractivity contribution in [1.29, 1.82) is 0 Å². The van der Waals surface area contributed by atoms with E-state index in [0.717, 1.165) is 23.0 Å². The summed E-state index contributed by atoms with van der Waals surface area (Å²) in [5, 5.41) is 16.4. The third-order valence-corrected chi connectivity index (χ3v) is 3.83. The van der Waals surface area contributed by atoms with Crippen LogP contribution in [-0.2, 0) is 20.0 Å². The number of hydrogen-bond donors (Lipinski definition) is 2. The molecule has 5 nitrogen and oxygen atoms in total. The molecular weight excluding hydrogens is 322 g/mol. The molecule has 0 unspecified atom stereocenters. The van der Waals surface area contributed by atoms with Crippen molar-refractivity contribution in [3.63, 3.8) is 0 Å². The summed E-state index contributed by atoms with van der Waals surface area (Å²) in [5.41, 5.74) is 2.51. The largest absolute Gasteiger partial charge is 0.478 e. The van der Waals surface area contributed by atoms with Crippen molar-refractivity contribution >= 4 is 21.9 Å². The van der Waals surface area contributed by atoms with Crippen LogP contribution in [0.3, 0.4) is 0 Å². The minimum absolute atomic E-state index is 0.288. The Balaban J connectivity index is 1.85. The summed E-state index contributed by atoms with van der Waals surface area (Å²) in [6.07, 6.45) is 2.69. The average molecular weight is 338 g/mol. The number of rotatable bonds is 6. The fraction of sp³-hybridized carbons (Fsp3) is 0.286. The van der Waals surface area contributed by atoms with Crippen molar-refractivity contribution in [2.45, 2.75) is 13.0 Å². The predicted octanol–water partition coefficient (Wildman–Crippen LogP) is 2.21. The van der Waals surface area contributed by atoms with Crippen LogP contribution in [0.5, 0.6) is 0 Å². The van der Waals surface area contributed by atoms with Crippen molar-refractivity contribution in [3.8, 4) is 0 Å². The Morgan fingerprint density at radius 1 is 1.45 bits per heavy atom. The molecule has 0 spiro atoms. The Kier molecular flexibility index (Phi) is 4.92. The van der Waals surface area contributed by atoms with E-state index in [1.165, 1.54) is 5.69 Å². The zero-order valence-electron chi connectivity index (χ0n) is 11.1. The zero-order valence-corrected chi connectivity index (χ0v) is 12.7. The van der Waals surface area contributed by atoms with Gasteiger partial charge in [0, 0.05) is 42.9 Å². The zero-order chi connectivity index (χ0) is 14.5. The van der Waals surface area contributed by atoms with Gasteiger partial charge in [-0.3, -0.25) is 4.68 Å². The van der Waals surface area contributed by atoms with Crippen LogP contribution in [0.2, 0.25) is 0 Å². The maximum atomic E-state index is 10.8. The van der Waals surface area contributed by atoms with Crippen molar-refractivity contribution in [2.24, 2.45) is 7.05 Å². The number of nitrogens with one attached hydrogen (secondary N) is 1. The first-order chi connectivity index (χ1) is 9.58. The summed E-state index contributed by atoms with van der Waals surface area (Å²) < 4.78 is 2.67. The number of carboxylic acids is 1. The number of benzene rings is 1. The Labute approximate surface area is 125 Å². The van der Waals surface area contributed by atoms with Gasteiger partial charge in [-0.1, -0.05) is 22.0 Å². The first-order valence-electron chi connectivity index (χ1n) is 6.27. The molecule has 2 N–H and O–H groups in total. The summed E-state index contributed by atoms with van der Waals surface area (Å²) in [6.45, 7) is 1.53. The van der Waals surface area contributed by atoms with E-state index in [-0.39, 0.29) is 5.56 Å². The molecule has 0 aliphatic heterocycles. The smallest absolute Gasteiger partial charge is 0.335 e. The minimum atomic E-state index is -0.915. The fourth-order valence-corrected chi connectivity index (χ4v) is 2.43. The molecule has 0 saturated carbocycles. The molecule has 0 aliphatic carbocycles. The normalized spacial score (nSPS) is 10.7. The molecule has 20 heavy (non-hydrogen) atoms. The quantitative estimate of drug-likeness (QED) is 0.793. The van der Waals surface area contributed by atoms with Crippen LogP contribution >= 0.6 is 15.9 Å². The first kappa shape index (κ1) is 14.7. The molecule has 1 aromatic heterocycles. The first-order valence-corrected chi connectivity index (χ1v) is 7.06. The van der Waals surface area contributed by atoms with Gasteiger partial charge < -0.3 is 10.4 Å². The molecule has 0 radical (unpaired) electrons. The van der Waals surface area contributed by atoms with Crippen LogP contribution < -0.4 is 5.32 Å². The molecule has 0 bridgehead atoms. The number of nitrogens with zero attached hydrogens (tertiary/aromatic N) is 2. The summed E-state index contributed by atoms with van der Waals surface area (Å²) in [7, 11) is 1.93. The molecular formula is C14H16BrN3O2. The molecule has 1 aromatic carbocycles. The number of carbonyl (C=O) groups is 1. The van der Waals surface area contributed by atoms with Gasteiger partial charge in [-0.05, 0) is 23.8 Å². The van der Waals surface area contributed by atoms with Crippen LogP contribution in [0.4, 0.5) is 0 Å². The van der Waals surface area contributed by atoms with E-state index in [1.807, 2.05) is 23.9 Å². The lowest BCUT2D eigenvalue weighted by Crippen LogP contribution is -2.18. The third kappa shape index (κ3) is 3.68. The van der Waals surface area contributed by atoms with Gasteiger partial charge in [0.05, 0.1) is 5.56 Å².